The SMILES string of the molecule is O=S(=O)(Cc1ccon1)N(Cc1cccs1)Cc1cccs1. The molecule has 0 N–H and O–H groups in total. The van der Waals surface area contributed by atoms with Crippen molar-refractivity contribution in [1.29, 1.82) is 0 Å². The highest BCUT2D eigenvalue weighted by atomic mass is 32.2. The molecule has 0 spiro atoms. The van der Waals surface area contributed by atoms with Crippen molar-refractivity contribution in [3.63, 3.8) is 0 Å². The average Bonchev–Trinajstić information content (AvgIpc) is 3.20. The van der Waals surface area contributed by atoms with Gasteiger partial charge in [0.05, 0.1) is 5.69 Å². The first-order valence-corrected chi connectivity index (χ1v) is 9.92. The first-order valence-electron chi connectivity index (χ1n) is 6.55. The Morgan fingerprint density at radius 1 is 1.05 bits per heavy atom. The van der Waals surface area contributed by atoms with Crippen LogP contribution in [0.1, 0.15) is 15.4 Å². The number of thiophene rings is 2. The normalized spacial score (nSPS) is 12.0. The molecule has 22 heavy (non-hydrogen) atoms. The van der Waals surface area contributed by atoms with Gasteiger partial charge in [-0.2, -0.15) is 4.31 Å². The standard InChI is InChI=1S/C14H14N2O3S3/c17-22(18,11-12-5-6-19-15-12)16(9-13-3-1-7-20-13)10-14-4-2-8-21-14/h1-8H,9-11H2. The van der Waals surface area contributed by atoms with Crippen molar-refractivity contribution in [2.45, 2.75) is 18.8 Å². The lowest BCUT2D eigenvalue weighted by Crippen LogP contribution is -2.30. The maximum atomic E-state index is 12.7. The molecular formula is C14H14N2O3S3. The molecule has 0 saturated carbocycles. The van der Waals surface area contributed by atoms with Crippen LogP contribution in [0.3, 0.4) is 0 Å². The fourth-order valence-corrected chi connectivity index (χ4v) is 4.97. The van der Waals surface area contributed by atoms with Gasteiger partial charge in [-0.25, -0.2) is 8.42 Å². The molecule has 0 aliphatic carbocycles. The van der Waals surface area contributed by atoms with E-state index < -0.39 is 10.0 Å². The summed E-state index contributed by atoms with van der Waals surface area (Å²) in [6.45, 7) is 0.742. The van der Waals surface area contributed by atoms with Crippen LogP contribution in [0.15, 0.2) is 51.9 Å². The van der Waals surface area contributed by atoms with Gasteiger partial charge in [0.2, 0.25) is 10.0 Å². The second kappa shape index (κ2) is 6.74. The second-order valence-electron chi connectivity index (χ2n) is 4.67. The Labute approximate surface area is 136 Å². The Morgan fingerprint density at radius 2 is 1.68 bits per heavy atom. The Morgan fingerprint density at radius 3 is 2.14 bits per heavy atom. The monoisotopic (exact) mass is 354 g/mol. The third kappa shape index (κ3) is 3.83. The van der Waals surface area contributed by atoms with E-state index in [4.69, 9.17) is 4.52 Å². The van der Waals surface area contributed by atoms with Gasteiger partial charge in [-0.15, -0.1) is 22.7 Å². The summed E-state index contributed by atoms with van der Waals surface area (Å²) >= 11 is 3.10. The first-order chi connectivity index (χ1) is 10.6. The third-order valence-corrected chi connectivity index (χ3v) is 6.47. The predicted octanol–water partition coefficient (Wildman–Crippen LogP) is 3.33. The smallest absolute Gasteiger partial charge is 0.220 e. The number of hydrogen-bond acceptors (Lipinski definition) is 6. The number of rotatable bonds is 7. The van der Waals surface area contributed by atoms with E-state index in [1.165, 1.54) is 10.6 Å². The fourth-order valence-electron chi connectivity index (χ4n) is 2.00. The van der Waals surface area contributed by atoms with Crippen molar-refractivity contribution in [2.75, 3.05) is 0 Å². The highest BCUT2D eigenvalue weighted by Gasteiger charge is 2.25. The topological polar surface area (TPSA) is 63.4 Å². The van der Waals surface area contributed by atoms with E-state index in [2.05, 4.69) is 5.16 Å². The molecule has 0 aliphatic rings. The van der Waals surface area contributed by atoms with E-state index >= 15 is 0 Å². The molecule has 0 amide bonds. The summed E-state index contributed by atoms with van der Waals surface area (Å²) in [5.74, 6) is -0.153. The molecule has 0 atom stereocenters. The fraction of sp³-hybridized carbons (Fsp3) is 0.214. The maximum Gasteiger partial charge on any atom is 0.220 e. The van der Waals surface area contributed by atoms with Gasteiger partial charge in [-0.1, -0.05) is 17.3 Å². The molecule has 0 aromatic carbocycles. The van der Waals surface area contributed by atoms with Crippen LogP contribution < -0.4 is 0 Å². The van der Waals surface area contributed by atoms with Gasteiger partial charge in [0.15, 0.2) is 0 Å². The van der Waals surface area contributed by atoms with Crippen LogP contribution in [-0.4, -0.2) is 17.9 Å². The summed E-state index contributed by atoms with van der Waals surface area (Å²) in [5, 5.41) is 7.60. The van der Waals surface area contributed by atoms with E-state index in [9.17, 15) is 8.42 Å². The van der Waals surface area contributed by atoms with Crippen LogP contribution in [-0.2, 0) is 28.9 Å². The molecule has 0 unspecified atom stereocenters. The van der Waals surface area contributed by atoms with E-state index in [1.807, 2.05) is 35.0 Å². The number of nitrogens with zero attached hydrogens (tertiary/aromatic N) is 2. The van der Waals surface area contributed by atoms with Crippen molar-refractivity contribution >= 4 is 32.7 Å². The van der Waals surface area contributed by atoms with E-state index in [-0.39, 0.29) is 5.75 Å². The summed E-state index contributed by atoms with van der Waals surface area (Å²) in [7, 11) is -3.47. The van der Waals surface area contributed by atoms with Crippen LogP contribution >= 0.6 is 22.7 Å². The lowest BCUT2D eigenvalue weighted by molar-refractivity contribution is 0.398. The summed E-state index contributed by atoms with van der Waals surface area (Å²) in [6.07, 6.45) is 1.38. The number of sulfonamides is 1. The Bertz CT molecular complexity index is 742. The molecule has 3 aromatic rings. The molecule has 0 aliphatic heterocycles. The van der Waals surface area contributed by atoms with Gasteiger partial charge in [0, 0.05) is 28.9 Å². The molecule has 0 radical (unpaired) electrons. The minimum atomic E-state index is -3.47. The maximum absolute atomic E-state index is 12.7. The third-order valence-electron chi connectivity index (χ3n) is 3.04. The van der Waals surface area contributed by atoms with E-state index in [0.717, 1.165) is 9.75 Å². The van der Waals surface area contributed by atoms with Gasteiger partial charge in [-0.3, -0.25) is 0 Å². The van der Waals surface area contributed by atoms with Crippen molar-refractivity contribution in [2.24, 2.45) is 0 Å². The van der Waals surface area contributed by atoms with Crippen LogP contribution in [0.5, 0.6) is 0 Å². The minimum absolute atomic E-state index is 0.153. The first kappa shape index (κ1) is 15.4. The van der Waals surface area contributed by atoms with Crippen molar-refractivity contribution < 1.29 is 12.9 Å². The van der Waals surface area contributed by atoms with Gasteiger partial charge < -0.3 is 4.52 Å². The Balaban J connectivity index is 1.82. The minimum Gasteiger partial charge on any atom is -0.364 e. The average molecular weight is 354 g/mol. The second-order valence-corrected chi connectivity index (χ2v) is 8.71. The molecule has 0 bridgehead atoms. The highest BCUT2D eigenvalue weighted by molar-refractivity contribution is 7.88. The zero-order valence-corrected chi connectivity index (χ0v) is 14.0. The predicted molar refractivity (Wildman–Crippen MR) is 87.0 cm³/mol. The Kier molecular flexibility index (Phi) is 4.72. The van der Waals surface area contributed by atoms with Gasteiger partial charge in [-0.05, 0) is 22.9 Å². The molecular weight excluding hydrogens is 340 g/mol. The molecule has 3 heterocycles. The van der Waals surface area contributed by atoms with Gasteiger partial charge >= 0.3 is 0 Å². The quantitative estimate of drug-likeness (QED) is 0.653. The summed E-state index contributed by atoms with van der Waals surface area (Å²) in [6, 6.07) is 9.31. The van der Waals surface area contributed by atoms with Gasteiger partial charge in [0.1, 0.15) is 12.0 Å². The van der Waals surface area contributed by atoms with Crippen LogP contribution in [0.4, 0.5) is 0 Å². The van der Waals surface area contributed by atoms with Crippen molar-refractivity contribution in [3.8, 4) is 0 Å². The van der Waals surface area contributed by atoms with Crippen molar-refractivity contribution in [3.05, 3.63) is 62.8 Å². The molecule has 116 valence electrons. The summed E-state index contributed by atoms with van der Waals surface area (Å²) in [5.41, 5.74) is 0.419. The lowest BCUT2D eigenvalue weighted by Gasteiger charge is -2.20. The zero-order chi connectivity index (χ0) is 15.4. The number of hydrogen-bond donors (Lipinski definition) is 0. The van der Waals surface area contributed by atoms with Crippen LogP contribution in [0, 0.1) is 0 Å². The zero-order valence-electron chi connectivity index (χ0n) is 11.6. The van der Waals surface area contributed by atoms with Crippen LogP contribution in [0.2, 0.25) is 0 Å². The van der Waals surface area contributed by atoms with E-state index in [0.29, 0.717) is 18.8 Å². The molecule has 5 nitrogen and oxygen atoms in total. The van der Waals surface area contributed by atoms with Gasteiger partial charge in [0.25, 0.3) is 0 Å². The Hall–Kier alpha value is -1.48. The van der Waals surface area contributed by atoms with Crippen molar-refractivity contribution in [1.82, 2.24) is 9.46 Å². The molecule has 8 heteroatoms. The summed E-state index contributed by atoms with van der Waals surface area (Å²) in [4.78, 5) is 2.03. The highest BCUT2D eigenvalue weighted by Crippen LogP contribution is 2.21. The van der Waals surface area contributed by atoms with Crippen LogP contribution in [0.25, 0.3) is 0 Å². The largest absolute Gasteiger partial charge is 0.364 e. The lowest BCUT2D eigenvalue weighted by atomic mass is 10.4. The van der Waals surface area contributed by atoms with E-state index in [1.54, 1.807) is 28.7 Å². The summed E-state index contributed by atoms with van der Waals surface area (Å²) < 4.78 is 31.6. The molecule has 3 aromatic heterocycles. The molecule has 0 fully saturated rings. The molecule has 3 rings (SSSR count). The molecule has 0 saturated heterocycles. The number of aromatic nitrogens is 1.